The minimum absolute atomic E-state index is 0.0879. The fourth-order valence-corrected chi connectivity index (χ4v) is 6.45. The number of rotatable bonds is 8. The molecule has 2 saturated carbocycles. The molecule has 2 fully saturated rings. The number of aliphatic carboxylic acids is 1. The maximum Gasteiger partial charge on any atom is 0.310 e. The van der Waals surface area contributed by atoms with Crippen molar-refractivity contribution < 1.29 is 24.3 Å². The second kappa shape index (κ2) is 10.3. The molecule has 0 spiro atoms. The van der Waals surface area contributed by atoms with Crippen molar-refractivity contribution in [1.29, 1.82) is 0 Å². The van der Waals surface area contributed by atoms with Crippen LogP contribution in [0, 0.1) is 11.8 Å². The highest BCUT2D eigenvalue weighted by molar-refractivity contribution is 6.39. The molecule has 2 N–H and O–H groups in total. The zero-order valence-corrected chi connectivity index (χ0v) is 23.1. The average molecular weight is 587 g/mol. The minimum atomic E-state index is -1.08. The third-order valence-electron chi connectivity index (χ3n) is 7.84. The number of halogens is 3. The van der Waals surface area contributed by atoms with Crippen molar-refractivity contribution in [2.24, 2.45) is 11.8 Å². The quantitative estimate of drug-likeness (QED) is 0.278. The molecule has 6 rings (SSSR count). The molecular weight excluding hydrogens is 561 g/mol. The van der Waals surface area contributed by atoms with E-state index in [4.69, 9.17) is 44.1 Å². The van der Waals surface area contributed by atoms with E-state index in [-0.39, 0.29) is 12.5 Å². The van der Waals surface area contributed by atoms with Gasteiger partial charge in [-0.3, -0.25) is 4.79 Å². The van der Waals surface area contributed by atoms with E-state index in [0.29, 0.717) is 62.8 Å². The van der Waals surface area contributed by atoms with Crippen LogP contribution in [0.2, 0.25) is 15.1 Å². The van der Waals surface area contributed by atoms with Crippen LogP contribution in [0.15, 0.2) is 64.7 Å². The molecular formula is C30H26Cl3NO5. The van der Waals surface area contributed by atoms with E-state index in [2.05, 4.69) is 5.16 Å². The summed E-state index contributed by atoms with van der Waals surface area (Å²) in [7, 11) is 0. The van der Waals surface area contributed by atoms with Gasteiger partial charge in [-0.25, -0.2) is 0 Å². The molecule has 0 bridgehead atoms. The van der Waals surface area contributed by atoms with Gasteiger partial charge < -0.3 is 19.5 Å². The molecule has 1 atom stereocenters. The van der Waals surface area contributed by atoms with Gasteiger partial charge in [0.2, 0.25) is 0 Å². The number of carboxylic acid groups (broad SMARTS) is 1. The van der Waals surface area contributed by atoms with E-state index in [1.807, 2.05) is 12.2 Å². The molecule has 3 aromatic rings. The summed E-state index contributed by atoms with van der Waals surface area (Å²) in [5.74, 6) is 0.378. The second-order valence-electron chi connectivity index (χ2n) is 10.6. The topological polar surface area (TPSA) is 92.8 Å². The summed E-state index contributed by atoms with van der Waals surface area (Å²) in [6.45, 7) is 0.194. The van der Waals surface area contributed by atoms with E-state index >= 15 is 0 Å². The maximum absolute atomic E-state index is 11.4. The predicted molar refractivity (Wildman–Crippen MR) is 149 cm³/mol. The molecule has 0 saturated heterocycles. The van der Waals surface area contributed by atoms with Crippen molar-refractivity contribution in [2.75, 3.05) is 0 Å². The van der Waals surface area contributed by atoms with Crippen LogP contribution in [0.4, 0.5) is 0 Å². The van der Waals surface area contributed by atoms with Gasteiger partial charge in [0, 0.05) is 17.0 Å². The van der Waals surface area contributed by atoms with Crippen molar-refractivity contribution in [2.45, 2.75) is 50.2 Å². The number of aromatic nitrogens is 1. The Morgan fingerprint density at radius 3 is 2.49 bits per heavy atom. The smallest absolute Gasteiger partial charge is 0.310 e. The molecule has 3 aliphatic rings. The molecule has 0 amide bonds. The SMILES string of the molecule is O=C(O)C1C=C([C@H]2C[C@](O)(c3ccc(OCc4c(-c5c(Cl)cccc5Cl)noc4C4CC4)cc3Cl)C2)C=CC1. The second-order valence-corrected chi connectivity index (χ2v) is 11.8. The van der Waals surface area contributed by atoms with Gasteiger partial charge in [0.1, 0.15) is 23.8 Å². The number of carbonyl (C=O) groups is 1. The highest BCUT2D eigenvalue weighted by Crippen LogP contribution is 2.52. The molecule has 0 radical (unpaired) electrons. The number of ether oxygens (including phenoxy) is 1. The monoisotopic (exact) mass is 585 g/mol. The summed E-state index contributed by atoms with van der Waals surface area (Å²) >= 11 is 19.5. The lowest BCUT2D eigenvalue weighted by atomic mass is 9.64. The normalized spacial score (nSPS) is 24.3. The average Bonchev–Trinajstić information content (AvgIpc) is 3.66. The molecule has 0 aliphatic heterocycles. The highest BCUT2D eigenvalue weighted by atomic mass is 35.5. The molecule has 1 heterocycles. The Kier molecular flexibility index (Phi) is 7.00. The Labute approximate surface area is 240 Å². The van der Waals surface area contributed by atoms with Crippen LogP contribution >= 0.6 is 34.8 Å². The lowest BCUT2D eigenvalue weighted by molar-refractivity contribution is -0.140. The fraction of sp³-hybridized carbons (Fsp3) is 0.333. The van der Waals surface area contributed by atoms with E-state index in [9.17, 15) is 15.0 Å². The van der Waals surface area contributed by atoms with Crippen molar-refractivity contribution in [1.82, 2.24) is 5.16 Å². The number of nitrogens with zero attached hydrogens (tertiary/aromatic N) is 1. The van der Waals surface area contributed by atoms with Gasteiger partial charge in [-0.2, -0.15) is 0 Å². The number of allylic oxidation sites excluding steroid dienone is 3. The van der Waals surface area contributed by atoms with Crippen molar-refractivity contribution in [3.8, 4) is 17.0 Å². The summed E-state index contributed by atoms with van der Waals surface area (Å²) in [6.07, 6.45) is 9.16. The van der Waals surface area contributed by atoms with Crippen LogP contribution in [0.3, 0.4) is 0 Å². The van der Waals surface area contributed by atoms with Crippen LogP contribution in [-0.2, 0) is 17.0 Å². The number of hydrogen-bond donors (Lipinski definition) is 2. The van der Waals surface area contributed by atoms with Gasteiger partial charge in [-0.15, -0.1) is 0 Å². The number of carboxylic acids is 1. The van der Waals surface area contributed by atoms with Crippen LogP contribution in [0.5, 0.6) is 5.75 Å². The van der Waals surface area contributed by atoms with Gasteiger partial charge in [0.05, 0.1) is 32.2 Å². The Morgan fingerprint density at radius 2 is 1.82 bits per heavy atom. The van der Waals surface area contributed by atoms with Crippen molar-refractivity contribution in [3.63, 3.8) is 0 Å². The van der Waals surface area contributed by atoms with Gasteiger partial charge in [-0.1, -0.05) is 70.3 Å². The Morgan fingerprint density at radius 1 is 1.08 bits per heavy atom. The van der Waals surface area contributed by atoms with Crippen molar-refractivity contribution in [3.05, 3.63) is 92.2 Å². The van der Waals surface area contributed by atoms with E-state index in [1.165, 1.54) is 0 Å². The molecule has 1 unspecified atom stereocenters. The summed E-state index contributed by atoms with van der Waals surface area (Å²) in [6, 6.07) is 10.6. The summed E-state index contributed by atoms with van der Waals surface area (Å²) in [4.78, 5) is 11.4. The third-order valence-corrected chi connectivity index (χ3v) is 8.78. The first-order valence-electron chi connectivity index (χ1n) is 12.9. The largest absolute Gasteiger partial charge is 0.489 e. The molecule has 202 valence electrons. The van der Waals surface area contributed by atoms with E-state index in [1.54, 1.807) is 42.5 Å². The zero-order valence-electron chi connectivity index (χ0n) is 20.9. The molecule has 2 aromatic carbocycles. The van der Waals surface area contributed by atoms with Crippen LogP contribution in [-0.4, -0.2) is 21.3 Å². The van der Waals surface area contributed by atoms with Crippen molar-refractivity contribution >= 4 is 40.8 Å². The lowest BCUT2D eigenvalue weighted by Gasteiger charge is -2.45. The first-order valence-corrected chi connectivity index (χ1v) is 14.1. The molecule has 3 aliphatic carbocycles. The van der Waals surface area contributed by atoms with Crippen LogP contribution in [0.25, 0.3) is 11.3 Å². The molecule has 9 heteroatoms. The van der Waals surface area contributed by atoms with Crippen LogP contribution in [0.1, 0.15) is 54.9 Å². The number of aliphatic hydroxyl groups is 1. The predicted octanol–water partition coefficient (Wildman–Crippen LogP) is 7.94. The van der Waals surface area contributed by atoms with E-state index in [0.717, 1.165) is 29.7 Å². The number of benzene rings is 2. The van der Waals surface area contributed by atoms with E-state index < -0.39 is 17.5 Å². The fourth-order valence-electron chi connectivity index (χ4n) is 5.53. The minimum Gasteiger partial charge on any atom is -0.489 e. The van der Waals surface area contributed by atoms with Gasteiger partial charge in [0.25, 0.3) is 0 Å². The van der Waals surface area contributed by atoms with Crippen LogP contribution < -0.4 is 4.74 Å². The molecule has 1 aromatic heterocycles. The summed E-state index contributed by atoms with van der Waals surface area (Å²) < 4.78 is 11.8. The lowest BCUT2D eigenvalue weighted by Crippen LogP contribution is -2.42. The third kappa shape index (κ3) is 5.11. The first kappa shape index (κ1) is 26.5. The van der Waals surface area contributed by atoms with Gasteiger partial charge in [0.15, 0.2) is 0 Å². The highest BCUT2D eigenvalue weighted by Gasteiger charge is 2.46. The Balaban J connectivity index is 1.18. The molecule has 6 nitrogen and oxygen atoms in total. The summed E-state index contributed by atoms with van der Waals surface area (Å²) in [5.41, 5.74) is 2.51. The van der Waals surface area contributed by atoms with Gasteiger partial charge >= 0.3 is 5.97 Å². The zero-order chi connectivity index (χ0) is 27.3. The Hall–Kier alpha value is -2.77. The number of hydrogen-bond acceptors (Lipinski definition) is 5. The Bertz CT molecular complexity index is 1480. The molecule has 39 heavy (non-hydrogen) atoms. The maximum atomic E-state index is 11.4. The standard InChI is InChI=1S/C30H26Cl3NO5/c31-23-5-2-6-24(32)26(23)27-21(28(39-34-27)16-7-8-16)15-38-20-9-10-22(25(33)12-20)30(37)13-19(14-30)17-3-1-4-18(11-17)29(35)36/h1-3,5-6,9-12,16,18-19,37H,4,7-8,13-15H2,(H,35,36)/t18?,19-,30+. The van der Waals surface area contributed by atoms with Gasteiger partial charge in [-0.05, 0) is 67.9 Å². The summed E-state index contributed by atoms with van der Waals surface area (Å²) in [5, 5.41) is 26.3. The first-order chi connectivity index (χ1) is 18.7.